The van der Waals surface area contributed by atoms with Crippen LogP contribution in [0.3, 0.4) is 0 Å². The van der Waals surface area contributed by atoms with Gasteiger partial charge in [0.2, 0.25) is 11.5 Å². The van der Waals surface area contributed by atoms with Crippen LogP contribution in [0.4, 0.5) is 5.95 Å². The maximum atomic E-state index is 12.1. The predicted octanol–water partition coefficient (Wildman–Crippen LogP) is 4.47. The molecular weight excluding hydrogens is 452 g/mol. The maximum absolute atomic E-state index is 12.1. The van der Waals surface area contributed by atoms with E-state index in [-0.39, 0.29) is 5.56 Å². The van der Waals surface area contributed by atoms with Gasteiger partial charge in [-0.25, -0.2) is 19.9 Å². The first-order valence-corrected chi connectivity index (χ1v) is 11.5. The molecule has 0 radical (unpaired) electrons. The standard InChI is InChI=1S/C28H22N6O2/c1-36-22-9-7-19-16-34(17-20(19)14-22)28-30-13-11-25(33-28)27-29-12-10-21(31-27)8-6-18-15-26(35)32-24-5-3-2-4-23(18)24/h2-15H,16-17H2,1H3,(H,32,35)/b8-6+. The molecule has 5 aromatic rings. The predicted molar refractivity (Wildman–Crippen MR) is 139 cm³/mol. The Hall–Kier alpha value is -4.85. The Bertz CT molecular complexity index is 1680. The van der Waals surface area contributed by atoms with Crippen LogP contribution in [0.2, 0.25) is 0 Å². The molecule has 176 valence electrons. The second kappa shape index (κ2) is 9.07. The molecule has 3 aromatic heterocycles. The van der Waals surface area contributed by atoms with E-state index in [9.17, 15) is 4.79 Å². The lowest BCUT2D eigenvalue weighted by molar-refractivity contribution is 0.414. The molecule has 0 saturated carbocycles. The zero-order valence-electron chi connectivity index (χ0n) is 19.5. The summed E-state index contributed by atoms with van der Waals surface area (Å²) in [5.41, 5.74) is 5.27. The molecule has 0 saturated heterocycles. The molecule has 1 aliphatic heterocycles. The third-order valence-electron chi connectivity index (χ3n) is 6.18. The van der Waals surface area contributed by atoms with Crippen molar-refractivity contribution in [2.24, 2.45) is 0 Å². The van der Waals surface area contributed by atoms with Gasteiger partial charge in [-0.05, 0) is 53.1 Å². The van der Waals surface area contributed by atoms with Crippen molar-refractivity contribution in [1.29, 1.82) is 0 Å². The van der Waals surface area contributed by atoms with Crippen LogP contribution in [-0.2, 0) is 13.1 Å². The number of ether oxygens (including phenoxy) is 1. The number of hydrogen-bond acceptors (Lipinski definition) is 7. The number of rotatable bonds is 5. The van der Waals surface area contributed by atoms with Crippen molar-refractivity contribution in [2.45, 2.75) is 13.1 Å². The van der Waals surface area contributed by atoms with Crippen LogP contribution in [0.5, 0.6) is 5.75 Å². The van der Waals surface area contributed by atoms with E-state index in [0.717, 1.165) is 28.8 Å². The molecule has 0 atom stereocenters. The molecule has 1 aliphatic rings. The van der Waals surface area contributed by atoms with Crippen LogP contribution in [0, 0.1) is 0 Å². The molecule has 0 bridgehead atoms. The Morgan fingerprint density at radius 3 is 2.69 bits per heavy atom. The smallest absolute Gasteiger partial charge is 0.249 e. The number of fused-ring (bicyclic) bond motifs is 2. The van der Waals surface area contributed by atoms with Crippen molar-refractivity contribution in [3.63, 3.8) is 0 Å². The van der Waals surface area contributed by atoms with E-state index in [0.29, 0.717) is 29.7 Å². The molecule has 0 spiro atoms. The van der Waals surface area contributed by atoms with Gasteiger partial charge in [-0.3, -0.25) is 4.79 Å². The Morgan fingerprint density at radius 1 is 0.917 bits per heavy atom. The molecule has 6 rings (SSSR count). The molecule has 0 unspecified atom stereocenters. The average Bonchev–Trinajstić information content (AvgIpc) is 3.35. The van der Waals surface area contributed by atoms with E-state index in [2.05, 4.69) is 37.0 Å². The summed E-state index contributed by atoms with van der Waals surface area (Å²) in [5.74, 6) is 1.98. The minimum Gasteiger partial charge on any atom is -0.497 e. The maximum Gasteiger partial charge on any atom is 0.249 e. The summed E-state index contributed by atoms with van der Waals surface area (Å²) in [6.45, 7) is 1.44. The lowest BCUT2D eigenvalue weighted by Crippen LogP contribution is -2.17. The Balaban J connectivity index is 1.27. The lowest BCUT2D eigenvalue weighted by atomic mass is 10.1. The van der Waals surface area contributed by atoms with Gasteiger partial charge in [0.25, 0.3) is 0 Å². The SMILES string of the molecule is COc1ccc2c(c1)CN(c1nccc(-c3nccc(/C=C/c4cc(=O)[nH]c5ccccc45)n3)n1)C2. The summed E-state index contributed by atoms with van der Waals surface area (Å²) in [4.78, 5) is 35.4. The lowest BCUT2D eigenvalue weighted by Gasteiger charge is -2.15. The van der Waals surface area contributed by atoms with Crippen LogP contribution >= 0.6 is 0 Å². The quantitative estimate of drug-likeness (QED) is 0.401. The van der Waals surface area contributed by atoms with Gasteiger partial charge in [-0.15, -0.1) is 0 Å². The normalized spacial score (nSPS) is 12.9. The van der Waals surface area contributed by atoms with Gasteiger partial charge in [0.15, 0.2) is 5.82 Å². The number of para-hydroxylation sites is 1. The largest absolute Gasteiger partial charge is 0.497 e. The number of hydrogen-bond donors (Lipinski definition) is 1. The van der Waals surface area contributed by atoms with Crippen molar-refractivity contribution in [1.82, 2.24) is 24.9 Å². The van der Waals surface area contributed by atoms with E-state index < -0.39 is 0 Å². The zero-order chi connectivity index (χ0) is 24.5. The molecule has 1 N–H and O–H groups in total. The number of anilines is 1. The molecule has 0 aliphatic carbocycles. The summed E-state index contributed by atoms with van der Waals surface area (Å²) >= 11 is 0. The van der Waals surface area contributed by atoms with Gasteiger partial charge >= 0.3 is 0 Å². The Kier molecular flexibility index (Phi) is 5.46. The van der Waals surface area contributed by atoms with Crippen LogP contribution in [0.1, 0.15) is 22.4 Å². The van der Waals surface area contributed by atoms with Crippen molar-refractivity contribution in [3.05, 3.63) is 106 Å². The third-order valence-corrected chi connectivity index (χ3v) is 6.18. The second-order valence-electron chi connectivity index (χ2n) is 8.51. The van der Waals surface area contributed by atoms with E-state index in [4.69, 9.17) is 9.72 Å². The van der Waals surface area contributed by atoms with Gasteiger partial charge in [0.05, 0.1) is 12.8 Å². The highest BCUT2D eigenvalue weighted by Crippen LogP contribution is 2.29. The van der Waals surface area contributed by atoms with Crippen LogP contribution < -0.4 is 15.2 Å². The first-order valence-electron chi connectivity index (χ1n) is 11.5. The first kappa shape index (κ1) is 21.7. The van der Waals surface area contributed by atoms with Crippen molar-refractivity contribution in [2.75, 3.05) is 12.0 Å². The summed E-state index contributed by atoms with van der Waals surface area (Å²) in [7, 11) is 1.67. The molecule has 4 heterocycles. The Labute approximate surface area is 207 Å². The number of benzene rings is 2. The second-order valence-corrected chi connectivity index (χ2v) is 8.51. The number of methoxy groups -OCH3 is 1. The topological polar surface area (TPSA) is 96.9 Å². The fourth-order valence-corrected chi connectivity index (χ4v) is 4.40. The molecule has 0 amide bonds. The zero-order valence-corrected chi connectivity index (χ0v) is 19.5. The number of nitrogens with one attached hydrogen (secondary N) is 1. The summed E-state index contributed by atoms with van der Waals surface area (Å²) < 4.78 is 5.35. The van der Waals surface area contributed by atoms with Crippen molar-refractivity contribution < 1.29 is 4.74 Å². The van der Waals surface area contributed by atoms with Crippen LogP contribution in [-0.4, -0.2) is 32.0 Å². The van der Waals surface area contributed by atoms with Crippen molar-refractivity contribution >= 4 is 29.0 Å². The molecule has 8 heteroatoms. The van der Waals surface area contributed by atoms with Gasteiger partial charge in [0.1, 0.15) is 11.4 Å². The highest BCUT2D eigenvalue weighted by atomic mass is 16.5. The number of nitrogens with zero attached hydrogens (tertiary/aromatic N) is 5. The molecule has 8 nitrogen and oxygen atoms in total. The number of pyridine rings is 1. The van der Waals surface area contributed by atoms with Gasteiger partial charge in [0, 0.05) is 42.5 Å². The number of aromatic nitrogens is 5. The van der Waals surface area contributed by atoms with Gasteiger partial charge in [-0.1, -0.05) is 30.3 Å². The average molecular weight is 475 g/mol. The van der Waals surface area contributed by atoms with Crippen LogP contribution in [0.25, 0.3) is 34.6 Å². The molecule has 2 aromatic carbocycles. The van der Waals surface area contributed by atoms with Gasteiger partial charge < -0.3 is 14.6 Å². The number of aromatic amines is 1. The fraction of sp³-hybridized carbons (Fsp3) is 0.107. The minimum absolute atomic E-state index is 0.146. The molecular formula is C28H22N6O2. The highest BCUT2D eigenvalue weighted by Gasteiger charge is 2.22. The molecule has 0 fully saturated rings. The minimum atomic E-state index is -0.146. The van der Waals surface area contributed by atoms with E-state index in [1.807, 2.05) is 54.6 Å². The molecule has 36 heavy (non-hydrogen) atoms. The first-order chi connectivity index (χ1) is 17.7. The monoisotopic (exact) mass is 474 g/mol. The Morgan fingerprint density at radius 2 is 1.78 bits per heavy atom. The number of H-pyrrole nitrogens is 1. The van der Waals surface area contributed by atoms with Crippen LogP contribution in [0.15, 0.2) is 77.9 Å². The van der Waals surface area contributed by atoms with Crippen molar-refractivity contribution in [3.8, 4) is 17.3 Å². The highest BCUT2D eigenvalue weighted by molar-refractivity contribution is 5.90. The summed E-state index contributed by atoms with van der Waals surface area (Å²) in [6.07, 6.45) is 7.21. The summed E-state index contributed by atoms with van der Waals surface area (Å²) in [6, 6.07) is 19.0. The fourth-order valence-electron chi connectivity index (χ4n) is 4.40. The van der Waals surface area contributed by atoms with E-state index in [1.54, 1.807) is 25.6 Å². The van der Waals surface area contributed by atoms with E-state index >= 15 is 0 Å². The summed E-state index contributed by atoms with van der Waals surface area (Å²) in [5, 5.41) is 0.965. The van der Waals surface area contributed by atoms with E-state index in [1.165, 1.54) is 11.1 Å². The van der Waals surface area contributed by atoms with Gasteiger partial charge in [-0.2, -0.15) is 0 Å². The third kappa shape index (κ3) is 4.20.